The Labute approximate surface area is 179 Å². The summed E-state index contributed by atoms with van der Waals surface area (Å²) >= 11 is 0. The number of benzene rings is 4. The van der Waals surface area contributed by atoms with Crippen molar-refractivity contribution in [3.05, 3.63) is 119 Å². The van der Waals surface area contributed by atoms with Crippen molar-refractivity contribution in [1.29, 1.82) is 0 Å². The van der Waals surface area contributed by atoms with Crippen molar-refractivity contribution < 1.29 is 25.8 Å². The molecule has 4 aromatic carbocycles. The molecular formula is C26H18Hf-2. The molecule has 0 saturated carbocycles. The van der Waals surface area contributed by atoms with Crippen molar-refractivity contribution in [3.63, 3.8) is 0 Å². The number of fused-ring (bicyclic) bond motifs is 6. The molecule has 0 atom stereocenters. The molecule has 0 bridgehead atoms. The normalized spacial score (nSPS) is 11.9. The van der Waals surface area contributed by atoms with Gasteiger partial charge >= 0.3 is 0 Å². The predicted molar refractivity (Wildman–Crippen MR) is 107 cm³/mol. The van der Waals surface area contributed by atoms with Crippen LogP contribution in [0.25, 0.3) is 22.3 Å². The molecule has 0 amide bonds. The van der Waals surface area contributed by atoms with Gasteiger partial charge in [0.2, 0.25) is 0 Å². The van der Waals surface area contributed by atoms with Gasteiger partial charge in [0.25, 0.3) is 0 Å². The predicted octanol–water partition coefficient (Wildman–Crippen LogP) is 6.11. The molecule has 0 nitrogen and oxygen atoms in total. The third-order valence-electron chi connectivity index (χ3n) is 5.23. The van der Waals surface area contributed by atoms with Gasteiger partial charge in [-0.3, -0.25) is 0 Å². The summed E-state index contributed by atoms with van der Waals surface area (Å²) < 4.78 is 0. The van der Waals surface area contributed by atoms with Gasteiger partial charge in [-0.15, -0.1) is 11.1 Å². The second-order valence-electron chi connectivity index (χ2n) is 6.79. The van der Waals surface area contributed by atoms with Gasteiger partial charge < -0.3 is 0 Å². The molecule has 27 heavy (non-hydrogen) atoms. The van der Waals surface area contributed by atoms with Gasteiger partial charge in [-0.05, 0) is 12.8 Å². The van der Waals surface area contributed by atoms with Gasteiger partial charge in [-0.1, -0.05) is 70.8 Å². The van der Waals surface area contributed by atoms with Crippen LogP contribution in [0, 0.1) is 12.1 Å². The van der Waals surface area contributed by atoms with Gasteiger partial charge in [0.1, 0.15) is 0 Å². The van der Waals surface area contributed by atoms with E-state index < -0.39 is 0 Å². The second-order valence-corrected chi connectivity index (χ2v) is 6.79. The zero-order valence-electron chi connectivity index (χ0n) is 15.0. The van der Waals surface area contributed by atoms with E-state index in [1.54, 1.807) is 0 Å². The first-order chi connectivity index (χ1) is 12.9. The Morgan fingerprint density at radius 3 is 1.37 bits per heavy atom. The number of hydrogen-bond donors (Lipinski definition) is 0. The minimum Gasteiger partial charge on any atom is -0.179 e. The maximum absolute atomic E-state index is 3.30. The molecule has 0 spiro atoms. The maximum atomic E-state index is 3.30. The number of rotatable bonds is 0. The van der Waals surface area contributed by atoms with E-state index >= 15 is 0 Å². The van der Waals surface area contributed by atoms with Crippen molar-refractivity contribution in [1.82, 2.24) is 0 Å². The van der Waals surface area contributed by atoms with E-state index in [-0.39, 0.29) is 25.8 Å². The molecule has 0 radical (unpaired) electrons. The van der Waals surface area contributed by atoms with Crippen LogP contribution in [0.3, 0.4) is 0 Å². The Kier molecular flexibility index (Phi) is 5.22. The van der Waals surface area contributed by atoms with Gasteiger partial charge in [0, 0.05) is 25.8 Å². The van der Waals surface area contributed by atoms with Crippen LogP contribution in [-0.4, -0.2) is 0 Å². The quantitative estimate of drug-likeness (QED) is 0.171. The van der Waals surface area contributed by atoms with Crippen LogP contribution in [0.4, 0.5) is 0 Å². The molecule has 0 N–H and O–H groups in total. The molecule has 0 saturated heterocycles. The minimum atomic E-state index is 0. The fourth-order valence-corrected chi connectivity index (χ4v) is 4.00. The monoisotopic (exact) mass is 510 g/mol. The Morgan fingerprint density at radius 2 is 0.889 bits per heavy atom. The van der Waals surface area contributed by atoms with Crippen LogP contribution in [0.2, 0.25) is 0 Å². The van der Waals surface area contributed by atoms with E-state index in [2.05, 4.69) is 84.9 Å². The smallest absolute Gasteiger partial charge is 0 e. The zero-order valence-corrected chi connectivity index (χ0v) is 18.6. The fraction of sp³-hybridized carbons (Fsp3) is 0.0769. The van der Waals surface area contributed by atoms with Gasteiger partial charge in [0.15, 0.2) is 0 Å². The fourth-order valence-electron chi connectivity index (χ4n) is 4.00. The Bertz CT molecular complexity index is 918. The first kappa shape index (κ1) is 18.1. The van der Waals surface area contributed by atoms with E-state index in [0.29, 0.717) is 0 Å². The van der Waals surface area contributed by atoms with Crippen molar-refractivity contribution >= 4 is 0 Å². The summed E-state index contributed by atoms with van der Waals surface area (Å²) in [6.07, 6.45) is 2.10. The van der Waals surface area contributed by atoms with Crippen LogP contribution < -0.4 is 0 Å². The summed E-state index contributed by atoms with van der Waals surface area (Å²) in [6, 6.07) is 36.2. The topological polar surface area (TPSA) is 0 Å². The molecule has 0 heterocycles. The molecule has 4 aromatic rings. The van der Waals surface area contributed by atoms with Crippen molar-refractivity contribution in [2.75, 3.05) is 0 Å². The number of hydrogen-bond acceptors (Lipinski definition) is 0. The second kappa shape index (κ2) is 7.78. The van der Waals surface area contributed by atoms with Gasteiger partial charge in [0.05, 0.1) is 0 Å². The van der Waals surface area contributed by atoms with E-state index in [9.17, 15) is 0 Å². The zero-order chi connectivity index (χ0) is 17.3. The average Bonchev–Trinajstić information content (AvgIpc) is 3.27. The molecule has 1 heteroatoms. The molecular weight excluding hydrogens is 491 g/mol. The van der Waals surface area contributed by atoms with Crippen LogP contribution in [0.5, 0.6) is 0 Å². The standard InChI is InChI=1S/2C13H9.Hf/c2*1-3-7-12-10(5-1)9-11-6-2-4-8-13(11)12;/h2*1-5,7-8H,9H2;/q2*-1;. The Balaban J connectivity index is 0.000000129. The average molecular weight is 509 g/mol. The third kappa shape index (κ3) is 3.37. The molecule has 0 unspecified atom stereocenters. The maximum Gasteiger partial charge on any atom is 0 e. The van der Waals surface area contributed by atoms with Crippen LogP contribution in [-0.2, 0) is 38.7 Å². The molecule has 2 aliphatic carbocycles. The Morgan fingerprint density at radius 1 is 0.481 bits per heavy atom. The van der Waals surface area contributed by atoms with Crippen molar-refractivity contribution in [2.24, 2.45) is 0 Å². The molecule has 128 valence electrons. The molecule has 6 rings (SSSR count). The SMILES string of the molecule is [Hf].[c-]1cccc2c1Cc1ccccc1-2.[c-]1cccc2c1Cc1ccccc1-2. The molecule has 0 aliphatic heterocycles. The van der Waals surface area contributed by atoms with E-state index in [4.69, 9.17) is 0 Å². The van der Waals surface area contributed by atoms with Crippen LogP contribution in [0.15, 0.2) is 84.9 Å². The van der Waals surface area contributed by atoms with E-state index in [1.807, 2.05) is 12.1 Å². The first-order valence-electron chi connectivity index (χ1n) is 9.06. The largest absolute Gasteiger partial charge is 0.179 e. The molecule has 0 fully saturated rings. The van der Waals surface area contributed by atoms with Crippen LogP contribution >= 0.6 is 0 Å². The van der Waals surface area contributed by atoms with E-state index in [0.717, 1.165) is 12.8 Å². The van der Waals surface area contributed by atoms with Crippen molar-refractivity contribution in [2.45, 2.75) is 12.8 Å². The summed E-state index contributed by atoms with van der Waals surface area (Å²) in [7, 11) is 0. The Hall–Kier alpha value is -2.25. The van der Waals surface area contributed by atoms with Crippen LogP contribution in [0.1, 0.15) is 22.3 Å². The summed E-state index contributed by atoms with van der Waals surface area (Å²) in [4.78, 5) is 0. The van der Waals surface area contributed by atoms with E-state index in [1.165, 1.54) is 44.5 Å². The summed E-state index contributed by atoms with van der Waals surface area (Å²) in [6.45, 7) is 0. The summed E-state index contributed by atoms with van der Waals surface area (Å²) in [5.74, 6) is 0. The van der Waals surface area contributed by atoms with Gasteiger partial charge in [-0.25, -0.2) is 0 Å². The third-order valence-corrected chi connectivity index (χ3v) is 5.23. The molecule has 2 aliphatic rings. The molecule has 0 aromatic heterocycles. The first-order valence-corrected chi connectivity index (χ1v) is 9.06. The summed E-state index contributed by atoms with van der Waals surface area (Å²) in [5, 5.41) is 0. The van der Waals surface area contributed by atoms with Crippen molar-refractivity contribution in [3.8, 4) is 22.3 Å². The minimum absolute atomic E-state index is 0. The van der Waals surface area contributed by atoms with Gasteiger partial charge in [-0.2, -0.15) is 59.7 Å². The summed E-state index contributed by atoms with van der Waals surface area (Å²) in [5.41, 5.74) is 11.0.